The standard InChI is InChI=1S/C20H22N2O3/c1-12-2-3-15(11-21-12)20(24)22-19(16-9-17(23)10-16)14-4-5-18-13(8-14)6-7-25-18/h2-5,8,11,16-17,19,23H,6-7,9-10H2,1H3,(H,22,24)/t16?,17?,19-/m1/s1. The highest BCUT2D eigenvalue weighted by Crippen LogP contribution is 2.39. The van der Waals surface area contributed by atoms with Gasteiger partial charge in [-0.15, -0.1) is 0 Å². The van der Waals surface area contributed by atoms with E-state index >= 15 is 0 Å². The Labute approximate surface area is 147 Å². The van der Waals surface area contributed by atoms with Crippen molar-refractivity contribution in [2.24, 2.45) is 5.92 Å². The minimum absolute atomic E-state index is 0.108. The molecule has 0 spiro atoms. The van der Waals surface area contributed by atoms with Crippen molar-refractivity contribution in [3.8, 4) is 5.75 Å². The zero-order valence-corrected chi connectivity index (χ0v) is 14.2. The van der Waals surface area contributed by atoms with E-state index in [0.717, 1.165) is 23.4 Å². The Hall–Kier alpha value is -2.40. The summed E-state index contributed by atoms with van der Waals surface area (Å²) in [6.45, 7) is 2.61. The minimum atomic E-state index is -0.261. The summed E-state index contributed by atoms with van der Waals surface area (Å²) >= 11 is 0. The van der Waals surface area contributed by atoms with Crippen molar-refractivity contribution in [3.63, 3.8) is 0 Å². The molecule has 1 aromatic heterocycles. The number of aromatic nitrogens is 1. The van der Waals surface area contributed by atoms with E-state index in [-0.39, 0.29) is 24.0 Å². The molecule has 0 bridgehead atoms. The number of nitrogens with one attached hydrogen (secondary N) is 1. The normalized spacial score (nSPS) is 22.5. The summed E-state index contributed by atoms with van der Waals surface area (Å²) < 4.78 is 5.58. The first-order chi connectivity index (χ1) is 12.1. The molecule has 2 aliphatic rings. The number of aliphatic hydroxyl groups excluding tert-OH is 1. The van der Waals surface area contributed by atoms with Crippen LogP contribution in [0.5, 0.6) is 5.75 Å². The maximum atomic E-state index is 12.7. The summed E-state index contributed by atoms with van der Waals surface area (Å²) in [5, 5.41) is 12.9. The number of nitrogens with zero attached hydrogens (tertiary/aromatic N) is 1. The second kappa shape index (κ2) is 6.48. The number of aliphatic hydroxyl groups is 1. The lowest BCUT2D eigenvalue weighted by molar-refractivity contribution is 0.0235. The number of ether oxygens (including phenoxy) is 1. The van der Waals surface area contributed by atoms with E-state index in [4.69, 9.17) is 4.74 Å². The first kappa shape index (κ1) is 16.1. The summed E-state index contributed by atoms with van der Waals surface area (Å²) in [4.78, 5) is 16.9. The van der Waals surface area contributed by atoms with Gasteiger partial charge in [-0.05, 0) is 61.1 Å². The van der Waals surface area contributed by atoms with Gasteiger partial charge in [-0.2, -0.15) is 0 Å². The number of hydrogen-bond donors (Lipinski definition) is 2. The highest BCUT2D eigenvalue weighted by Gasteiger charge is 2.36. The summed E-state index contributed by atoms with van der Waals surface area (Å²) in [6.07, 6.45) is 3.67. The lowest BCUT2D eigenvalue weighted by Crippen LogP contribution is -2.41. The molecule has 1 aliphatic carbocycles. The van der Waals surface area contributed by atoms with Crippen molar-refractivity contribution >= 4 is 5.91 Å². The topological polar surface area (TPSA) is 71.5 Å². The number of aryl methyl sites for hydroxylation is 1. The van der Waals surface area contributed by atoms with Gasteiger partial charge >= 0.3 is 0 Å². The van der Waals surface area contributed by atoms with E-state index in [0.29, 0.717) is 25.0 Å². The summed E-state index contributed by atoms with van der Waals surface area (Å²) in [5.41, 5.74) is 3.71. The molecule has 0 unspecified atom stereocenters. The fourth-order valence-electron chi connectivity index (χ4n) is 3.60. The SMILES string of the molecule is Cc1ccc(C(=O)N[C@H](c2ccc3c(c2)CCO3)C2CC(O)C2)cn1. The van der Waals surface area contributed by atoms with Crippen LogP contribution in [0.1, 0.15) is 46.1 Å². The van der Waals surface area contributed by atoms with E-state index in [2.05, 4.69) is 16.4 Å². The third kappa shape index (κ3) is 3.24. The average Bonchev–Trinajstić information content (AvgIpc) is 3.05. The molecule has 1 saturated carbocycles. The summed E-state index contributed by atoms with van der Waals surface area (Å²) in [6, 6.07) is 9.66. The van der Waals surface area contributed by atoms with E-state index in [1.54, 1.807) is 12.3 Å². The van der Waals surface area contributed by atoms with Crippen LogP contribution in [0.3, 0.4) is 0 Å². The molecule has 1 amide bonds. The molecule has 5 heteroatoms. The molecule has 1 atom stereocenters. The van der Waals surface area contributed by atoms with Gasteiger partial charge in [0.15, 0.2) is 0 Å². The van der Waals surface area contributed by atoms with Crippen molar-refractivity contribution in [2.45, 2.75) is 38.3 Å². The van der Waals surface area contributed by atoms with E-state index in [9.17, 15) is 9.90 Å². The molecule has 0 radical (unpaired) electrons. The van der Waals surface area contributed by atoms with Crippen LogP contribution in [0.4, 0.5) is 0 Å². The Balaban J connectivity index is 1.58. The number of rotatable bonds is 4. The monoisotopic (exact) mass is 338 g/mol. The highest BCUT2D eigenvalue weighted by molar-refractivity contribution is 5.94. The van der Waals surface area contributed by atoms with Crippen molar-refractivity contribution < 1.29 is 14.6 Å². The van der Waals surface area contributed by atoms with Crippen LogP contribution in [0.15, 0.2) is 36.5 Å². The van der Waals surface area contributed by atoms with Gasteiger partial charge in [0.2, 0.25) is 0 Å². The molecule has 2 N–H and O–H groups in total. The molecule has 2 aromatic rings. The zero-order valence-electron chi connectivity index (χ0n) is 14.2. The van der Waals surface area contributed by atoms with Gasteiger partial charge in [-0.1, -0.05) is 6.07 Å². The molecule has 130 valence electrons. The molecular formula is C20H22N2O3. The quantitative estimate of drug-likeness (QED) is 0.899. The fraction of sp³-hybridized carbons (Fsp3) is 0.400. The molecular weight excluding hydrogens is 316 g/mol. The molecule has 1 aromatic carbocycles. The maximum absolute atomic E-state index is 12.7. The van der Waals surface area contributed by atoms with Crippen LogP contribution in [0, 0.1) is 12.8 Å². The van der Waals surface area contributed by atoms with Gasteiger partial charge in [0, 0.05) is 18.3 Å². The van der Waals surface area contributed by atoms with Crippen molar-refractivity contribution in [1.29, 1.82) is 0 Å². The summed E-state index contributed by atoms with van der Waals surface area (Å²) in [7, 11) is 0. The first-order valence-corrected chi connectivity index (χ1v) is 8.77. The first-order valence-electron chi connectivity index (χ1n) is 8.77. The predicted molar refractivity (Wildman–Crippen MR) is 93.6 cm³/mol. The maximum Gasteiger partial charge on any atom is 0.253 e. The lowest BCUT2D eigenvalue weighted by Gasteiger charge is -2.38. The fourth-order valence-corrected chi connectivity index (χ4v) is 3.60. The van der Waals surface area contributed by atoms with Crippen LogP contribution >= 0.6 is 0 Å². The Bertz CT molecular complexity index is 782. The van der Waals surface area contributed by atoms with Gasteiger partial charge < -0.3 is 15.2 Å². The minimum Gasteiger partial charge on any atom is -0.493 e. The van der Waals surface area contributed by atoms with Gasteiger partial charge in [0.1, 0.15) is 5.75 Å². The molecule has 25 heavy (non-hydrogen) atoms. The van der Waals surface area contributed by atoms with Crippen LogP contribution in [-0.4, -0.2) is 28.7 Å². The Morgan fingerprint density at radius 3 is 2.88 bits per heavy atom. The van der Waals surface area contributed by atoms with Crippen molar-refractivity contribution in [1.82, 2.24) is 10.3 Å². The third-order valence-electron chi connectivity index (χ3n) is 5.15. The third-order valence-corrected chi connectivity index (χ3v) is 5.15. The van der Waals surface area contributed by atoms with Gasteiger partial charge in [-0.25, -0.2) is 0 Å². The largest absolute Gasteiger partial charge is 0.493 e. The van der Waals surface area contributed by atoms with E-state index in [1.807, 2.05) is 25.1 Å². The number of benzene rings is 1. The number of hydrogen-bond acceptors (Lipinski definition) is 4. The molecule has 2 heterocycles. The van der Waals surface area contributed by atoms with Crippen LogP contribution in [0.25, 0.3) is 0 Å². The van der Waals surface area contributed by atoms with Crippen LogP contribution in [0.2, 0.25) is 0 Å². The molecule has 4 rings (SSSR count). The smallest absolute Gasteiger partial charge is 0.253 e. The van der Waals surface area contributed by atoms with Gasteiger partial charge in [0.05, 0.1) is 24.3 Å². The predicted octanol–water partition coefficient (Wildman–Crippen LogP) is 2.57. The number of pyridine rings is 1. The molecule has 1 fully saturated rings. The number of carbonyl (C=O) groups is 1. The average molecular weight is 338 g/mol. The number of fused-ring (bicyclic) bond motifs is 1. The lowest BCUT2D eigenvalue weighted by atomic mass is 9.74. The molecule has 0 saturated heterocycles. The second-order valence-corrected chi connectivity index (χ2v) is 6.99. The second-order valence-electron chi connectivity index (χ2n) is 6.99. The molecule has 1 aliphatic heterocycles. The van der Waals surface area contributed by atoms with Gasteiger partial charge in [0.25, 0.3) is 5.91 Å². The van der Waals surface area contributed by atoms with E-state index in [1.165, 1.54) is 5.56 Å². The zero-order chi connectivity index (χ0) is 17.4. The molecule has 5 nitrogen and oxygen atoms in total. The number of carbonyl (C=O) groups excluding carboxylic acids is 1. The number of amides is 1. The van der Waals surface area contributed by atoms with Crippen molar-refractivity contribution in [3.05, 3.63) is 58.9 Å². The Kier molecular flexibility index (Phi) is 4.17. The van der Waals surface area contributed by atoms with Gasteiger partial charge in [-0.3, -0.25) is 9.78 Å². The summed E-state index contributed by atoms with van der Waals surface area (Å²) in [5.74, 6) is 1.05. The highest BCUT2D eigenvalue weighted by atomic mass is 16.5. The Morgan fingerprint density at radius 1 is 1.32 bits per heavy atom. The van der Waals surface area contributed by atoms with Crippen molar-refractivity contribution in [2.75, 3.05) is 6.61 Å². The van der Waals surface area contributed by atoms with Crippen LogP contribution < -0.4 is 10.1 Å². The van der Waals surface area contributed by atoms with E-state index < -0.39 is 0 Å². The van der Waals surface area contributed by atoms with Crippen LogP contribution in [-0.2, 0) is 6.42 Å². The Morgan fingerprint density at radius 2 is 2.16 bits per heavy atom.